The molecule has 1 saturated heterocycles. The van der Waals surface area contributed by atoms with Crippen molar-refractivity contribution in [2.24, 2.45) is 0 Å². The van der Waals surface area contributed by atoms with E-state index in [4.69, 9.17) is 4.74 Å². The Labute approximate surface area is 98.7 Å². The van der Waals surface area contributed by atoms with Gasteiger partial charge in [-0.15, -0.1) is 16.2 Å². The highest BCUT2D eigenvalue weighted by atomic mass is 32.1. The summed E-state index contributed by atoms with van der Waals surface area (Å²) in [5.74, 6) is 0. The van der Waals surface area contributed by atoms with Crippen molar-refractivity contribution in [3.63, 3.8) is 0 Å². The van der Waals surface area contributed by atoms with Gasteiger partial charge >= 0.3 is 0 Å². The molecule has 1 aromatic heterocycles. The van der Waals surface area contributed by atoms with E-state index in [0.717, 1.165) is 25.2 Å². The molecule has 1 unspecified atom stereocenters. The Morgan fingerprint density at radius 2 is 2.44 bits per heavy atom. The van der Waals surface area contributed by atoms with Crippen molar-refractivity contribution in [1.29, 1.82) is 0 Å². The van der Waals surface area contributed by atoms with Gasteiger partial charge in [0.05, 0.1) is 15.7 Å². The van der Waals surface area contributed by atoms with Crippen LogP contribution >= 0.6 is 11.3 Å². The Kier molecular flexibility index (Phi) is 2.63. The van der Waals surface area contributed by atoms with Gasteiger partial charge in [0.1, 0.15) is 12.7 Å². The number of thiazole rings is 1. The van der Waals surface area contributed by atoms with Crippen molar-refractivity contribution in [3.8, 4) is 0 Å². The molecule has 0 saturated carbocycles. The number of hydrogen-bond donors (Lipinski definition) is 0. The third kappa shape index (κ3) is 1.84. The van der Waals surface area contributed by atoms with Gasteiger partial charge < -0.3 is 4.74 Å². The van der Waals surface area contributed by atoms with E-state index in [-0.39, 0.29) is 0 Å². The lowest BCUT2D eigenvalue weighted by Crippen LogP contribution is -2.42. The van der Waals surface area contributed by atoms with Crippen LogP contribution in [-0.2, 0) is 4.74 Å². The van der Waals surface area contributed by atoms with Gasteiger partial charge in [0.25, 0.3) is 0 Å². The topological polar surface area (TPSA) is 28.0 Å². The zero-order chi connectivity index (χ0) is 11.0. The minimum atomic E-state index is 0.319. The number of anilines is 1. The SMILES string of the molecule is CC1C[N+](c2ccc3scnc3c2)CCO1. The van der Waals surface area contributed by atoms with Gasteiger partial charge in [-0.1, -0.05) is 0 Å². The van der Waals surface area contributed by atoms with Gasteiger partial charge in [-0.05, 0) is 13.0 Å². The Balaban J connectivity index is 1.92. The fourth-order valence-corrected chi connectivity index (χ4v) is 2.75. The molecule has 2 heterocycles. The quantitative estimate of drug-likeness (QED) is 0.709. The zero-order valence-electron chi connectivity index (χ0n) is 9.22. The molecule has 3 nitrogen and oxygen atoms in total. The molecule has 0 amide bonds. The molecule has 16 heavy (non-hydrogen) atoms. The molecule has 0 bridgehead atoms. The molecule has 1 radical (unpaired) electrons. The predicted molar refractivity (Wildman–Crippen MR) is 66.6 cm³/mol. The summed E-state index contributed by atoms with van der Waals surface area (Å²) in [4.78, 5) is 6.72. The predicted octanol–water partition coefficient (Wildman–Crippen LogP) is 2.49. The van der Waals surface area contributed by atoms with E-state index in [9.17, 15) is 0 Å². The van der Waals surface area contributed by atoms with Crippen LogP contribution in [-0.4, -0.2) is 30.8 Å². The van der Waals surface area contributed by atoms with Gasteiger partial charge in [0.2, 0.25) is 0 Å². The molecule has 1 aromatic carbocycles. The maximum Gasteiger partial charge on any atom is 0.183 e. The normalized spacial score (nSPS) is 22.7. The summed E-state index contributed by atoms with van der Waals surface area (Å²) < 4.78 is 6.80. The van der Waals surface area contributed by atoms with Gasteiger partial charge in [0, 0.05) is 12.1 Å². The van der Waals surface area contributed by atoms with E-state index < -0.39 is 0 Å². The molecule has 1 aliphatic rings. The van der Waals surface area contributed by atoms with E-state index in [0.29, 0.717) is 6.10 Å². The van der Waals surface area contributed by atoms with Crippen LogP contribution in [0.25, 0.3) is 10.2 Å². The first-order valence-electron chi connectivity index (χ1n) is 5.53. The molecule has 83 valence electrons. The second-order valence-corrected chi connectivity index (χ2v) is 5.02. The largest absolute Gasteiger partial charge is 0.366 e. The number of morpholine rings is 1. The lowest BCUT2D eigenvalue weighted by atomic mass is 10.2. The molecule has 1 aliphatic heterocycles. The first kappa shape index (κ1) is 10.2. The minimum Gasteiger partial charge on any atom is -0.366 e. The molecule has 0 spiro atoms. The smallest absolute Gasteiger partial charge is 0.183 e. The Bertz CT molecular complexity index is 496. The van der Waals surface area contributed by atoms with Crippen LogP contribution in [0, 0.1) is 0 Å². The summed E-state index contributed by atoms with van der Waals surface area (Å²) in [6.07, 6.45) is 0.319. The molecule has 2 aromatic rings. The van der Waals surface area contributed by atoms with Crippen LogP contribution in [0.2, 0.25) is 0 Å². The zero-order valence-corrected chi connectivity index (χ0v) is 10.0. The molecule has 3 rings (SSSR count). The van der Waals surface area contributed by atoms with E-state index >= 15 is 0 Å². The van der Waals surface area contributed by atoms with Gasteiger partial charge in [-0.3, -0.25) is 0 Å². The van der Waals surface area contributed by atoms with Crippen molar-refractivity contribution < 1.29 is 4.74 Å². The number of nitrogens with zero attached hydrogens (tertiary/aromatic N) is 2. The van der Waals surface area contributed by atoms with Crippen LogP contribution in [0.5, 0.6) is 0 Å². The minimum absolute atomic E-state index is 0.319. The van der Waals surface area contributed by atoms with Crippen LogP contribution < -0.4 is 4.90 Å². The van der Waals surface area contributed by atoms with Crippen molar-refractivity contribution in [1.82, 2.24) is 9.88 Å². The first-order valence-corrected chi connectivity index (χ1v) is 6.41. The Hall–Kier alpha value is -0.970. The first-order chi connectivity index (χ1) is 7.83. The fraction of sp³-hybridized carbons (Fsp3) is 0.417. The van der Waals surface area contributed by atoms with E-state index in [1.54, 1.807) is 11.3 Å². The molecule has 0 N–H and O–H groups in total. The summed E-state index contributed by atoms with van der Waals surface area (Å²) in [5, 5.41) is 0. The number of benzene rings is 1. The van der Waals surface area contributed by atoms with E-state index in [2.05, 4.69) is 35.0 Å². The lowest BCUT2D eigenvalue weighted by molar-refractivity contribution is 0.0249. The maximum absolute atomic E-state index is 5.55. The Morgan fingerprint density at radius 3 is 3.31 bits per heavy atom. The number of hydrogen-bond acceptors (Lipinski definition) is 4. The lowest BCUT2D eigenvalue weighted by Gasteiger charge is -2.22. The maximum atomic E-state index is 5.55. The van der Waals surface area contributed by atoms with Crippen molar-refractivity contribution in [2.45, 2.75) is 13.0 Å². The van der Waals surface area contributed by atoms with Gasteiger partial charge in [0.15, 0.2) is 18.8 Å². The second kappa shape index (κ2) is 4.13. The number of rotatable bonds is 1. The number of aromatic nitrogens is 1. The van der Waals surface area contributed by atoms with Gasteiger partial charge in [-0.2, -0.15) is 0 Å². The summed E-state index contributed by atoms with van der Waals surface area (Å²) in [7, 11) is 0. The van der Waals surface area contributed by atoms with Crippen LogP contribution in [0.15, 0.2) is 23.7 Å². The standard InChI is InChI=1S/C12H14N2OS/c1-9-7-14(4-5-15-9)10-2-3-12-11(6-10)13-8-16-12/h2-3,6,8-9H,4-5,7H2,1H3/q+1. The molecular formula is C12H14N2OS+. The monoisotopic (exact) mass is 234 g/mol. The third-order valence-corrected chi connectivity index (χ3v) is 3.73. The summed E-state index contributed by atoms with van der Waals surface area (Å²) >= 11 is 1.69. The van der Waals surface area contributed by atoms with Crippen LogP contribution in [0.1, 0.15) is 6.92 Å². The second-order valence-electron chi connectivity index (χ2n) is 4.13. The van der Waals surface area contributed by atoms with E-state index in [1.165, 1.54) is 10.4 Å². The highest BCUT2D eigenvalue weighted by Gasteiger charge is 2.27. The highest BCUT2D eigenvalue weighted by Crippen LogP contribution is 2.24. The number of fused-ring (bicyclic) bond motifs is 1. The fourth-order valence-electron chi connectivity index (χ4n) is 2.10. The van der Waals surface area contributed by atoms with Crippen molar-refractivity contribution in [3.05, 3.63) is 23.7 Å². The molecule has 1 atom stereocenters. The van der Waals surface area contributed by atoms with Gasteiger partial charge in [-0.25, -0.2) is 4.98 Å². The summed E-state index contributed by atoms with van der Waals surface area (Å²) in [5.41, 5.74) is 4.26. The number of ether oxygens (including phenoxy) is 1. The van der Waals surface area contributed by atoms with E-state index in [1.807, 2.05) is 5.51 Å². The Morgan fingerprint density at radius 1 is 1.50 bits per heavy atom. The molecular weight excluding hydrogens is 220 g/mol. The third-order valence-electron chi connectivity index (χ3n) is 2.92. The average Bonchev–Trinajstić information content (AvgIpc) is 2.75. The highest BCUT2D eigenvalue weighted by molar-refractivity contribution is 7.16. The molecule has 4 heteroatoms. The van der Waals surface area contributed by atoms with Crippen molar-refractivity contribution >= 4 is 27.2 Å². The van der Waals surface area contributed by atoms with Crippen molar-refractivity contribution in [2.75, 3.05) is 19.7 Å². The summed E-state index contributed by atoms with van der Waals surface area (Å²) in [6, 6.07) is 6.50. The van der Waals surface area contributed by atoms with Crippen LogP contribution in [0.3, 0.4) is 0 Å². The van der Waals surface area contributed by atoms with Crippen LogP contribution in [0.4, 0.5) is 5.69 Å². The average molecular weight is 234 g/mol. The molecule has 0 aliphatic carbocycles. The summed E-state index contributed by atoms with van der Waals surface area (Å²) in [6.45, 7) is 4.87. The molecule has 1 fully saturated rings.